The normalized spacial score (nSPS) is 13.2. The van der Waals surface area contributed by atoms with Gasteiger partial charge in [-0.2, -0.15) is 0 Å². The van der Waals surface area contributed by atoms with Gasteiger partial charge in [0.1, 0.15) is 0 Å². The first-order valence-corrected chi connectivity index (χ1v) is 22.3. The highest BCUT2D eigenvalue weighted by Crippen LogP contribution is 2.63. The van der Waals surface area contributed by atoms with Gasteiger partial charge in [0.25, 0.3) is 0 Å². The molecule has 0 saturated carbocycles. The number of thiophene rings is 1. The Kier molecular flexibility index (Phi) is 7.16. The maximum atomic E-state index is 5.19. The summed E-state index contributed by atoms with van der Waals surface area (Å²) in [5.41, 5.74) is 15.9. The fourth-order valence-corrected chi connectivity index (χ4v) is 12.1. The Morgan fingerprint density at radius 2 is 0.905 bits per heavy atom. The molecule has 0 fully saturated rings. The molecule has 0 N–H and O–H groups in total. The lowest BCUT2D eigenvalue weighted by atomic mass is 9.70. The smallest absolute Gasteiger partial charge is 0.164 e. The minimum atomic E-state index is -0.584. The van der Waals surface area contributed by atoms with Crippen molar-refractivity contribution in [3.05, 3.63) is 229 Å². The number of hydrogen-bond acceptors (Lipinski definition) is 4. The molecule has 0 amide bonds. The molecule has 0 atom stereocenters. The van der Waals surface area contributed by atoms with Gasteiger partial charge in [0, 0.05) is 53.3 Å². The number of rotatable bonds is 4. The van der Waals surface area contributed by atoms with E-state index in [1.807, 2.05) is 47.7 Å². The maximum Gasteiger partial charge on any atom is 0.164 e. The van der Waals surface area contributed by atoms with Crippen LogP contribution in [0.4, 0.5) is 0 Å². The largest absolute Gasteiger partial charge is 0.309 e. The van der Waals surface area contributed by atoms with Crippen molar-refractivity contribution in [2.75, 3.05) is 0 Å². The second-order valence-corrected chi connectivity index (χ2v) is 17.7. The molecule has 0 aliphatic heterocycles. The van der Waals surface area contributed by atoms with Crippen LogP contribution in [0.5, 0.6) is 0 Å². The van der Waals surface area contributed by atoms with E-state index in [4.69, 9.17) is 15.0 Å². The first kappa shape index (κ1) is 34.7. The lowest BCUT2D eigenvalue weighted by molar-refractivity contribution is 0.792. The van der Waals surface area contributed by atoms with Gasteiger partial charge in [-0.15, -0.1) is 11.3 Å². The Hall–Kier alpha value is -7.99. The van der Waals surface area contributed by atoms with Gasteiger partial charge in [-0.25, -0.2) is 15.0 Å². The number of nitrogens with zero attached hydrogens (tertiary/aromatic N) is 4. The SMILES string of the molecule is c1ccc(-c2nc(-c3ccccc3)nc(-c3ccc4c(c3)C3(c5ccccc5-c5ccccc53)c3cc(-n5c6ccccc6c6c7sc8ccccc8c7ccc65)ccc3-4)n2)cc1. The van der Waals surface area contributed by atoms with Gasteiger partial charge in [0.05, 0.1) is 16.4 Å². The first-order valence-electron chi connectivity index (χ1n) is 21.4. The highest BCUT2D eigenvalue weighted by atomic mass is 32.1. The quantitative estimate of drug-likeness (QED) is 0.178. The molecule has 63 heavy (non-hydrogen) atoms. The Morgan fingerprint density at radius 3 is 1.60 bits per heavy atom. The van der Waals surface area contributed by atoms with Crippen LogP contribution in [0.2, 0.25) is 0 Å². The van der Waals surface area contributed by atoms with Crippen LogP contribution in [-0.2, 0) is 5.41 Å². The lowest BCUT2D eigenvalue weighted by Crippen LogP contribution is -2.26. The summed E-state index contributed by atoms with van der Waals surface area (Å²) >= 11 is 1.90. The summed E-state index contributed by atoms with van der Waals surface area (Å²) < 4.78 is 5.14. The van der Waals surface area contributed by atoms with Crippen LogP contribution in [0.1, 0.15) is 22.3 Å². The van der Waals surface area contributed by atoms with Crippen molar-refractivity contribution in [2.24, 2.45) is 0 Å². The van der Waals surface area contributed by atoms with Gasteiger partial charge in [-0.3, -0.25) is 0 Å². The Balaban J connectivity index is 1.03. The van der Waals surface area contributed by atoms with Crippen LogP contribution in [0.15, 0.2) is 206 Å². The van der Waals surface area contributed by atoms with Crippen molar-refractivity contribution in [3.63, 3.8) is 0 Å². The molecule has 292 valence electrons. The third-order valence-electron chi connectivity index (χ3n) is 13.5. The van der Waals surface area contributed by atoms with E-state index < -0.39 is 5.41 Å². The number of fused-ring (bicyclic) bond motifs is 17. The van der Waals surface area contributed by atoms with Crippen molar-refractivity contribution in [1.29, 1.82) is 0 Å². The van der Waals surface area contributed by atoms with Crippen LogP contribution in [0.25, 0.3) is 104 Å². The van der Waals surface area contributed by atoms with Crippen LogP contribution in [0.3, 0.4) is 0 Å². The van der Waals surface area contributed by atoms with Gasteiger partial charge >= 0.3 is 0 Å². The van der Waals surface area contributed by atoms with Crippen molar-refractivity contribution < 1.29 is 0 Å². The average Bonchev–Trinajstić information content (AvgIpc) is 4.08. The molecule has 0 saturated heterocycles. The molecule has 1 spiro atoms. The predicted molar refractivity (Wildman–Crippen MR) is 260 cm³/mol. The van der Waals surface area contributed by atoms with E-state index in [2.05, 4.69) is 174 Å². The molecule has 9 aromatic carbocycles. The zero-order valence-electron chi connectivity index (χ0n) is 33.8. The highest BCUT2D eigenvalue weighted by molar-refractivity contribution is 7.26. The molecule has 3 heterocycles. The van der Waals surface area contributed by atoms with Crippen LogP contribution in [-0.4, -0.2) is 19.5 Å². The zero-order chi connectivity index (χ0) is 41.2. The first-order chi connectivity index (χ1) is 31.2. The summed E-state index contributed by atoms with van der Waals surface area (Å²) in [4.78, 5) is 15.4. The predicted octanol–water partition coefficient (Wildman–Crippen LogP) is 14.7. The number of benzene rings is 9. The third-order valence-corrected chi connectivity index (χ3v) is 14.7. The van der Waals surface area contributed by atoms with E-state index in [9.17, 15) is 0 Å². The standard InChI is InChI=1S/C58H34N4S/c1-3-15-35(16-4-1)55-59-56(36-17-5-2-6-18-36)61-57(60-55)37-27-29-41-42-30-28-38(34-49(42)58(48(41)33-37)46-23-11-7-19-39(46)40-20-8-12-24-47(40)58)62-50-25-13-9-22-45(50)53-51(62)32-31-44-43-21-10-14-26-52(43)63-54(44)53/h1-34H. The molecule has 5 heteroatoms. The summed E-state index contributed by atoms with van der Waals surface area (Å²) in [5, 5.41) is 5.21. The minimum absolute atomic E-state index is 0.584. The highest BCUT2D eigenvalue weighted by Gasteiger charge is 2.52. The second kappa shape index (κ2) is 13.0. The summed E-state index contributed by atoms with van der Waals surface area (Å²) in [5.74, 6) is 1.95. The molecule has 0 bridgehead atoms. The molecule has 14 rings (SSSR count). The Labute approximate surface area is 367 Å². The minimum Gasteiger partial charge on any atom is -0.309 e. The summed E-state index contributed by atoms with van der Waals surface area (Å²) in [6, 6.07) is 74.9. The number of hydrogen-bond donors (Lipinski definition) is 0. The van der Waals surface area contributed by atoms with Gasteiger partial charge in [0.15, 0.2) is 17.5 Å². The van der Waals surface area contributed by atoms with E-state index in [-0.39, 0.29) is 0 Å². The van der Waals surface area contributed by atoms with Crippen molar-refractivity contribution in [1.82, 2.24) is 19.5 Å². The Bertz CT molecular complexity index is 3760. The van der Waals surface area contributed by atoms with Crippen LogP contribution < -0.4 is 0 Å². The fourth-order valence-electron chi connectivity index (χ4n) is 10.9. The van der Waals surface area contributed by atoms with E-state index in [1.165, 1.54) is 86.5 Å². The van der Waals surface area contributed by atoms with E-state index in [0.29, 0.717) is 17.5 Å². The fraction of sp³-hybridized carbons (Fsp3) is 0.0172. The van der Waals surface area contributed by atoms with Crippen molar-refractivity contribution in [2.45, 2.75) is 5.41 Å². The van der Waals surface area contributed by atoms with Gasteiger partial charge < -0.3 is 4.57 Å². The monoisotopic (exact) mass is 818 g/mol. The molecule has 0 radical (unpaired) electrons. The molecule has 2 aliphatic carbocycles. The second-order valence-electron chi connectivity index (χ2n) is 16.7. The number of aromatic nitrogens is 4. The summed E-state index contributed by atoms with van der Waals surface area (Å²) in [7, 11) is 0. The van der Waals surface area contributed by atoms with Crippen molar-refractivity contribution >= 4 is 53.3 Å². The molecule has 4 nitrogen and oxygen atoms in total. The molecule has 3 aromatic heterocycles. The zero-order valence-corrected chi connectivity index (χ0v) is 34.6. The molecule has 0 unspecified atom stereocenters. The van der Waals surface area contributed by atoms with Gasteiger partial charge in [-0.05, 0) is 80.9 Å². The summed E-state index contributed by atoms with van der Waals surface area (Å²) in [6.07, 6.45) is 0. The van der Waals surface area contributed by atoms with Crippen molar-refractivity contribution in [3.8, 4) is 62.1 Å². The van der Waals surface area contributed by atoms with E-state index in [0.717, 1.165) is 22.4 Å². The summed E-state index contributed by atoms with van der Waals surface area (Å²) in [6.45, 7) is 0. The van der Waals surface area contributed by atoms with Gasteiger partial charge in [-0.1, -0.05) is 170 Å². The molecular weight excluding hydrogens is 785 g/mol. The Morgan fingerprint density at radius 1 is 0.365 bits per heavy atom. The third kappa shape index (κ3) is 4.77. The van der Waals surface area contributed by atoms with Crippen LogP contribution in [0, 0.1) is 0 Å². The number of para-hydroxylation sites is 1. The topological polar surface area (TPSA) is 43.6 Å². The molecule has 2 aliphatic rings. The van der Waals surface area contributed by atoms with Gasteiger partial charge in [0.2, 0.25) is 0 Å². The lowest BCUT2D eigenvalue weighted by Gasteiger charge is -2.31. The maximum absolute atomic E-state index is 5.19. The molecule has 12 aromatic rings. The van der Waals surface area contributed by atoms with E-state index >= 15 is 0 Å². The molecular formula is C58H34N4S. The van der Waals surface area contributed by atoms with Crippen LogP contribution >= 0.6 is 11.3 Å². The average molecular weight is 819 g/mol. The van der Waals surface area contributed by atoms with E-state index in [1.54, 1.807) is 0 Å².